The van der Waals surface area contributed by atoms with Crippen molar-refractivity contribution in [2.24, 2.45) is 0 Å². The van der Waals surface area contributed by atoms with Gasteiger partial charge in [0.2, 0.25) is 5.91 Å². The number of rotatable bonds is 62. The molecule has 77 heavy (non-hydrogen) atoms. The summed E-state index contributed by atoms with van der Waals surface area (Å²) in [4.78, 5) is 37.8. The van der Waals surface area contributed by atoms with Crippen LogP contribution in [0, 0.1) is 0 Å². The van der Waals surface area contributed by atoms with Crippen LogP contribution in [0.4, 0.5) is 0 Å². The minimum absolute atomic E-state index is 0.0439. The van der Waals surface area contributed by atoms with E-state index < -0.39 is 20.0 Å². The first-order valence-corrected chi connectivity index (χ1v) is 35.2. The van der Waals surface area contributed by atoms with Gasteiger partial charge in [-0.25, -0.2) is 4.57 Å². The summed E-state index contributed by atoms with van der Waals surface area (Å²) in [7, 11) is 1.51. The fraction of sp³-hybridized carbons (Fsp3) is 0.910. The van der Waals surface area contributed by atoms with Crippen molar-refractivity contribution in [1.82, 2.24) is 5.32 Å². The lowest BCUT2D eigenvalue weighted by Gasteiger charge is -2.27. The Hall–Kier alpha value is -1.51. The number of carbonyl (C=O) groups is 2. The quantitative estimate of drug-likeness (QED) is 0.0205. The Morgan fingerprint density at radius 3 is 1.10 bits per heavy atom. The Balaban J connectivity index is 5.17. The van der Waals surface area contributed by atoms with Gasteiger partial charge in [0.1, 0.15) is 19.3 Å². The van der Waals surface area contributed by atoms with Crippen LogP contribution in [0.5, 0.6) is 0 Å². The molecule has 0 aromatic heterocycles. The topological polar surface area (TPSA) is 111 Å². The lowest BCUT2D eigenvalue weighted by atomic mass is 10.0. The predicted octanol–water partition coefficient (Wildman–Crippen LogP) is 20.9. The van der Waals surface area contributed by atoms with E-state index in [9.17, 15) is 19.0 Å². The highest BCUT2D eigenvalue weighted by atomic mass is 31.2. The SMILES string of the molecule is CCCCCCCC/C=C/CCCCCCCCCCCC(=O)OC(/C=C/CCCCCCCCCCCCC)C(COP(=O)(O)OCC[N+](C)(C)C)NC(=O)CCCCCCCCCCCCCCCCCCCCC. The number of phosphoric acid groups is 1. The molecule has 0 radical (unpaired) electrons. The molecule has 456 valence electrons. The molecule has 0 aromatic carbocycles. The molecule has 9 nitrogen and oxygen atoms in total. The van der Waals surface area contributed by atoms with Gasteiger partial charge >= 0.3 is 13.8 Å². The van der Waals surface area contributed by atoms with Crippen molar-refractivity contribution in [3.8, 4) is 0 Å². The predicted molar refractivity (Wildman–Crippen MR) is 333 cm³/mol. The van der Waals surface area contributed by atoms with E-state index >= 15 is 0 Å². The highest BCUT2D eigenvalue weighted by Gasteiger charge is 2.30. The molecule has 0 aliphatic carbocycles. The van der Waals surface area contributed by atoms with Crippen LogP contribution in [-0.2, 0) is 27.9 Å². The number of quaternary nitrogens is 1. The summed E-state index contributed by atoms with van der Waals surface area (Å²) in [6.07, 6.45) is 68.9. The number of unbranched alkanes of at least 4 members (excludes halogenated alkanes) is 44. The van der Waals surface area contributed by atoms with Gasteiger partial charge in [-0.3, -0.25) is 18.6 Å². The number of hydrogen-bond donors (Lipinski definition) is 2. The Morgan fingerprint density at radius 1 is 0.442 bits per heavy atom. The number of allylic oxidation sites excluding steroid dienone is 3. The molecular weight excluding hydrogens is 976 g/mol. The smallest absolute Gasteiger partial charge is 0.456 e. The van der Waals surface area contributed by atoms with Crippen molar-refractivity contribution < 1.29 is 37.3 Å². The summed E-state index contributed by atoms with van der Waals surface area (Å²) in [6, 6.07) is -0.844. The molecule has 1 amide bonds. The van der Waals surface area contributed by atoms with E-state index in [1.807, 2.05) is 33.3 Å². The second kappa shape index (κ2) is 57.7. The van der Waals surface area contributed by atoms with Crippen LogP contribution in [0.3, 0.4) is 0 Å². The Bertz CT molecular complexity index is 1370. The van der Waals surface area contributed by atoms with Crippen molar-refractivity contribution in [3.63, 3.8) is 0 Å². The number of hydrogen-bond acceptors (Lipinski definition) is 6. The highest BCUT2D eigenvalue weighted by molar-refractivity contribution is 7.47. The third-order valence-corrected chi connectivity index (χ3v) is 16.4. The lowest BCUT2D eigenvalue weighted by molar-refractivity contribution is -0.870. The van der Waals surface area contributed by atoms with Crippen LogP contribution in [0.2, 0.25) is 0 Å². The van der Waals surface area contributed by atoms with Crippen LogP contribution >= 0.6 is 7.82 Å². The van der Waals surface area contributed by atoms with Gasteiger partial charge in [-0.05, 0) is 57.4 Å². The number of amides is 1. The zero-order valence-electron chi connectivity index (χ0n) is 52.2. The number of carbonyl (C=O) groups excluding carboxylic acids is 2. The second-order valence-electron chi connectivity index (χ2n) is 24.4. The molecule has 0 spiro atoms. The first kappa shape index (κ1) is 75.5. The molecular formula is C67H132N2O7P+. The summed E-state index contributed by atoms with van der Waals surface area (Å²) < 4.78 is 30.8. The maximum Gasteiger partial charge on any atom is 0.472 e. The summed E-state index contributed by atoms with van der Waals surface area (Å²) >= 11 is 0. The molecule has 0 bridgehead atoms. The van der Waals surface area contributed by atoms with E-state index in [1.165, 1.54) is 250 Å². The summed E-state index contributed by atoms with van der Waals surface area (Å²) in [5.74, 6) is -0.487. The number of esters is 1. The van der Waals surface area contributed by atoms with E-state index in [0.717, 1.165) is 57.8 Å². The summed E-state index contributed by atoms with van der Waals surface area (Å²) in [6.45, 7) is 7.07. The van der Waals surface area contributed by atoms with E-state index in [0.29, 0.717) is 23.9 Å². The van der Waals surface area contributed by atoms with Crippen LogP contribution in [0.15, 0.2) is 24.3 Å². The number of ether oxygens (including phenoxy) is 1. The lowest BCUT2D eigenvalue weighted by Crippen LogP contribution is -2.47. The fourth-order valence-corrected chi connectivity index (χ4v) is 10.9. The highest BCUT2D eigenvalue weighted by Crippen LogP contribution is 2.43. The van der Waals surface area contributed by atoms with Crippen molar-refractivity contribution >= 4 is 19.7 Å². The summed E-state index contributed by atoms with van der Waals surface area (Å²) in [5, 5.41) is 3.07. The second-order valence-corrected chi connectivity index (χ2v) is 25.8. The van der Waals surface area contributed by atoms with Gasteiger partial charge in [-0.15, -0.1) is 0 Å². The number of likely N-dealkylation sites (N-methyl/N-ethyl adjacent to an activating group) is 1. The number of phosphoric ester groups is 1. The molecule has 0 aromatic rings. The van der Waals surface area contributed by atoms with E-state index in [2.05, 4.69) is 38.2 Å². The zero-order valence-corrected chi connectivity index (χ0v) is 53.1. The molecule has 0 saturated carbocycles. The van der Waals surface area contributed by atoms with Crippen molar-refractivity contribution in [3.05, 3.63) is 24.3 Å². The standard InChI is InChI=1S/C67H131N2O7P/c1-7-10-13-16-19-22-25-28-30-32-34-36-38-41-44-47-50-53-56-59-66(70)68-64(63-75-77(72,73)74-62-61-69(4,5)6)65(58-55-52-49-46-43-40-27-24-21-18-15-12-9-3)76-67(71)60-57-54-51-48-45-42-39-37-35-33-31-29-26-23-20-17-14-11-8-2/h29,31,55,58,64-65H,7-28,30,32-54,56-57,59-63H2,1-6H3,(H-,68,70,72,73)/p+1/b31-29+,58-55+. The van der Waals surface area contributed by atoms with E-state index in [4.69, 9.17) is 13.8 Å². The van der Waals surface area contributed by atoms with E-state index in [-0.39, 0.29) is 25.1 Å². The maximum atomic E-state index is 13.6. The van der Waals surface area contributed by atoms with Crippen LogP contribution in [0.25, 0.3) is 0 Å². The Labute approximate surface area is 479 Å². The minimum atomic E-state index is -4.45. The van der Waals surface area contributed by atoms with Gasteiger partial charge in [-0.2, -0.15) is 0 Å². The first-order valence-electron chi connectivity index (χ1n) is 33.7. The van der Waals surface area contributed by atoms with Gasteiger partial charge in [0.05, 0.1) is 33.8 Å². The average molecular weight is 1110 g/mol. The van der Waals surface area contributed by atoms with Gasteiger partial charge in [-0.1, -0.05) is 296 Å². The van der Waals surface area contributed by atoms with Gasteiger partial charge < -0.3 is 19.4 Å². The maximum absolute atomic E-state index is 13.6. The number of nitrogens with zero attached hydrogens (tertiary/aromatic N) is 1. The largest absolute Gasteiger partial charge is 0.472 e. The van der Waals surface area contributed by atoms with Crippen molar-refractivity contribution in [2.75, 3.05) is 40.9 Å². The molecule has 3 atom stereocenters. The molecule has 0 rings (SSSR count). The molecule has 0 heterocycles. The molecule has 0 fully saturated rings. The molecule has 2 N–H and O–H groups in total. The van der Waals surface area contributed by atoms with Crippen molar-refractivity contribution in [1.29, 1.82) is 0 Å². The van der Waals surface area contributed by atoms with Gasteiger partial charge in [0.15, 0.2) is 0 Å². The molecule has 3 unspecified atom stereocenters. The van der Waals surface area contributed by atoms with Gasteiger partial charge in [0, 0.05) is 12.8 Å². The van der Waals surface area contributed by atoms with E-state index in [1.54, 1.807) is 0 Å². The molecule has 0 aliphatic heterocycles. The Morgan fingerprint density at radius 2 is 0.753 bits per heavy atom. The molecule has 10 heteroatoms. The van der Waals surface area contributed by atoms with Crippen LogP contribution in [-0.4, -0.2) is 74.3 Å². The first-order chi connectivity index (χ1) is 37.4. The third-order valence-electron chi connectivity index (χ3n) is 15.4. The number of nitrogens with one attached hydrogen (secondary N) is 1. The Kier molecular flexibility index (Phi) is 56.6. The third kappa shape index (κ3) is 58.9. The average Bonchev–Trinajstić information content (AvgIpc) is 3.39. The minimum Gasteiger partial charge on any atom is -0.456 e. The monoisotopic (exact) mass is 1110 g/mol. The van der Waals surface area contributed by atoms with Gasteiger partial charge in [0.25, 0.3) is 0 Å². The summed E-state index contributed by atoms with van der Waals surface area (Å²) in [5.41, 5.74) is 0. The van der Waals surface area contributed by atoms with Crippen LogP contribution < -0.4 is 5.32 Å². The van der Waals surface area contributed by atoms with Crippen molar-refractivity contribution in [2.45, 2.75) is 354 Å². The molecule has 0 saturated heterocycles. The molecule has 0 aliphatic rings. The zero-order chi connectivity index (χ0) is 56.4. The normalized spacial score (nSPS) is 13.7. The fourth-order valence-electron chi connectivity index (χ4n) is 10.2. The van der Waals surface area contributed by atoms with Crippen LogP contribution in [0.1, 0.15) is 342 Å².